The highest BCUT2D eigenvalue weighted by Gasteiger charge is 2.35. The van der Waals surface area contributed by atoms with E-state index in [0.29, 0.717) is 5.69 Å². The van der Waals surface area contributed by atoms with Crippen LogP contribution in [0.5, 0.6) is 0 Å². The molecule has 0 spiro atoms. The fourth-order valence-electron chi connectivity index (χ4n) is 4.39. The van der Waals surface area contributed by atoms with Gasteiger partial charge in [0, 0.05) is 16.5 Å². The van der Waals surface area contributed by atoms with Gasteiger partial charge in [-0.15, -0.1) is 0 Å². The molecule has 0 aromatic heterocycles. The number of hydrogen-bond donors (Lipinski definition) is 7. The van der Waals surface area contributed by atoms with Crippen molar-refractivity contribution in [3.63, 3.8) is 0 Å². The zero-order valence-electron chi connectivity index (χ0n) is 20.5. The molecule has 2 atom stereocenters. The summed E-state index contributed by atoms with van der Waals surface area (Å²) in [5.74, 6) is 0. The van der Waals surface area contributed by atoms with Gasteiger partial charge in [0.1, 0.15) is 9.81 Å². The Bertz CT molecular complexity index is 1570. The molecule has 2 amide bonds. The molecule has 1 aromatic rings. The van der Waals surface area contributed by atoms with Gasteiger partial charge in [0.25, 0.3) is 20.2 Å². The van der Waals surface area contributed by atoms with Crippen LogP contribution >= 0.6 is 0 Å². The van der Waals surface area contributed by atoms with Gasteiger partial charge in [0.2, 0.25) is 0 Å². The zero-order valence-corrected chi connectivity index (χ0v) is 22.2. The number of anilines is 3. The Balaban J connectivity index is 2.06. The maximum absolute atomic E-state index is 12.5. The first-order valence-electron chi connectivity index (χ1n) is 11.1. The molecule has 38 heavy (non-hydrogen) atoms. The lowest BCUT2D eigenvalue weighted by atomic mass is 9.72. The smallest absolute Gasteiger partial charge is 0.316 e. The molecule has 2 aliphatic carbocycles. The summed E-state index contributed by atoms with van der Waals surface area (Å²) in [5.41, 5.74) is 15.3. The van der Waals surface area contributed by atoms with E-state index in [2.05, 4.69) is 10.6 Å². The SMILES string of the molecule is CC1(CC2(C)C=CC=C(Nc3ccc(N)cc3NC(N)=O)C(S(=O)(=O)O)=C2)C=CC=C(N)C(S(=O)(=O)O)=C1. The maximum atomic E-state index is 12.5. The van der Waals surface area contributed by atoms with Crippen LogP contribution in [0, 0.1) is 10.8 Å². The van der Waals surface area contributed by atoms with Crippen molar-refractivity contribution in [3.05, 3.63) is 88.0 Å². The molecule has 1 aromatic carbocycles. The third-order valence-corrected chi connectivity index (χ3v) is 7.66. The van der Waals surface area contributed by atoms with Crippen LogP contribution in [-0.4, -0.2) is 32.0 Å². The molecule has 0 heterocycles. The van der Waals surface area contributed by atoms with Crippen LogP contribution in [0.2, 0.25) is 0 Å². The monoisotopic (exact) mass is 563 g/mol. The molecule has 0 saturated carbocycles. The van der Waals surface area contributed by atoms with Crippen molar-refractivity contribution in [1.29, 1.82) is 0 Å². The minimum Gasteiger partial charge on any atom is -0.399 e. The number of hydrogen-bond acceptors (Lipinski definition) is 8. The van der Waals surface area contributed by atoms with Crippen molar-refractivity contribution in [3.8, 4) is 0 Å². The summed E-state index contributed by atoms with van der Waals surface area (Å²) in [7, 11) is -9.43. The van der Waals surface area contributed by atoms with Crippen molar-refractivity contribution in [2.24, 2.45) is 22.3 Å². The molecule has 10 N–H and O–H groups in total. The Hall–Kier alpha value is -3.85. The van der Waals surface area contributed by atoms with Crippen molar-refractivity contribution < 1.29 is 30.7 Å². The average molecular weight is 564 g/mol. The number of primary amides is 1. The minimum atomic E-state index is -4.79. The van der Waals surface area contributed by atoms with Gasteiger partial charge in [-0.25, -0.2) is 4.79 Å². The van der Waals surface area contributed by atoms with E-state index in [1.807, 2.05) is 0 Å². The molecule has 204 valence electrons. The standard InChI is InChI=1S/C24H29N5O7S2/c1-23(9-3-5-16(26)20(12-23)37(31,32)33)14-24(2)10-4-6-18(21(13-24)38(34,35)36)28-17-8-7-15(25)11-19(17)29-22(27)30/h3-13,28H,14,25-26H2,1-2H3,(H3,27,29,30)(H,31,32,33)(H,34,35,36). The second-order valence-electron chi connectivity index (χ2n) is 9.50. The second kappa shape index (κ2) is 10.1. The van der Waals surface area contributed by atoms with Gasteiger partial charge in [-0.1, -0.05) is 50.3 Å². The van der Waals surface area contributed by atoms with E-state index in [4.69, 9.17) is 17.2 Å². The Morgan fingerprint density at radius 1 is 0.895 bits per heavy atom. The number of amides is 2. The van der Waals surface area contributed by atoms with Crippen molar-refractivity contribution in [1.82, 2.24) is 0 Å². The first-order valence-corrected chi connectivity index (χ1v) is 14.0. The first kappa shape index (κ1) is 28.7. The van der Waals surface area contributed by atoms with Gasteiger partial charge < -0.3 is 27.8 Å². The summed E-state index contributed by atoms with van der Waals surface area (Å²) in [4.78, 5) is 10.5. The van der Waals surface area contributed by atoms with E-state index in [1.54, 1.807) is 38.2 Å². The predicted octanol–water partition coefficient (Wildman–Crippen LogP) is 2.98. The topological polar surface area (TPSA) is 228 Å². The van der Waals surface area contributed by atoms with Gasteiger partial charge >= 0.3 is 6.03 Å². The van der Waals surface area contributed by atoms with Crippen molar-refractivity contribution in [2.75, 3.05) is 16.4 Å². The summed E-state index contributed by atoms with van der Waals surface area (Å²) >= 11 is 0. The Morgan fingerprint density at radius 2 is 1.45 bits per heavy atom. The Labute approximate surface area is 220 Å². The van der Waals surface area contributed by atoms with E-state index in [1.165, 1.54) is 42.5 Å². The van der Waals surface area contributed by atoms with E-state index < -0.39 is 46.9 Å². The maximum Gasteiger partial charge on any atom is 0.316 e. The van der Waals surface area contributed by atoms with Crippen LogP contribution in [0.1, 0.15) is 20.3 Å². The van der Waals surface area contributed by atoms with Crippen molar-refractivity contribution in [2.45, 2.75) is 20.3 Å². The third-order valence-electron chi connectivity index (χ3n) is 5.85. The number of carbonyl (C=O) groups is 1. The highest BCUT2D eigenvalue weighted by atomic mass is 32.2. The van der Waals surface area contributed by atoms with Gasteiger partial charge in [-0.2, -0.15) is 16.8 Å². The van der Waals surface area contributed by atoms with Crippen LogP contribution in [0.15, 0.2) is 88.0 Å². The minimum absolute atomic E-state index is 0.0218. The second-order valence-corrected chi connectivity index (χ2v) is 12.3. The normalized spacial score (nSPS) is 23.8. The molecule has 3 rings (SSSR count). The molecule has 2 aliphatic rings. The fraction of sp³-hybridized carbons (Fsp3) is 0.208. The molecule has 0 radical (unpaired) electrons. The lowest BCUT2D eigenvalue weighted by molar-refractivity contribution is 0.259. The lowest BCUT2D eigenvalue weighted by Crippen LogP contribution is -2.25. The van der Waals surface area contributed by atoms with E-state index in [9.17, 15) is 30.7 Å². The molecular weight excluding hydrogens is 534 g/mol. The molecule has 0 aliphatic heterocycles. The van der Waals surface area contributed by atoms with E-state index in [-0.39, 0.29) is 29.2 Å². The number of carbonyl (C=O) groups excluding carboxylic acids is 1. The zero-order chi connectivity index (χ0) is 28.5. The van der Waals surface area contributed by atoms with Crippen LogP contribution in [0.25, 0.3) is 0 Å². The van der Waals surface area contributed by atoms with Crippen LogP contribution in [-0.2, 0) is 20.2 Å². The lowest BCUT2D eigenvalue weighted by Gasteiger charge is -2.33. The molecule has 14 heteroatoms. The molecular formula is C24H29N5O7S2. The average Bonchev–Trinajstić information content (AvgIpc) is 3.00. The number of urea groups is 1. The summed E-state index contributed by atoms with van der Waals surface area (Å²) < 4.78 is 68.6. The molecule has 0 fully saturated rings. The van der Waals surface area contributed by atoms with Crippen LogP contribution in [0.3, 0.4) is 0 Å². The molecule has 0 bridgehead atoms. The van der Waals surface area contributed by atoms with Crippen molar-refractivity contribution >= 4 is 43.3 Å². The largest absolute Gasteiger partial charge is 0.399 e. The van der Waals surface area contributed by atoms with Crippen LogP contribution < -0.4 is 27.8 Å². The number of nitrogens with two attached hydrogens (primary N) is 3. The number of nitrogen functional groups attached to an aromatic ring is 1. The number of rotatable bonds is 7. The fourth-order valence-corrected chi connectivity index (χ4v) is 5.99. The predicted molar refractivity (Wildman–Crippen MR) is 146 cm³/mol. The summed E-state index contributed by atoms with van der Waals surface area (Å²) in [5, 5.41) is 5.28. The third kappa shape index (κ3) is 6.92. The molecule has 12 nitrogen and oxygen atoms in total. The number of nitrogens with one attached hydrogen (secondary N) is 2. The highest BCUT2D eigenvalue weighted by molar-refractivity contribution is 7.90. The molecule has 2 unspecified atom stereocenters. The van der Waals surface area contributed by atoms with Crippen LogP contribution in [0.4, 0.5) is 21.9 Å². The highest BCUT2D eigenvalue weighted by Crippen LogP contribution is 2.44. The summed E-state index contributed by atoms with van der Waals surface area (Å²) in [6, 6.07) is 3.55. The van der Waals surface area contributed by atoms with Gasteiger partial charge in [0.15, 0.2) is 0 Å². The van der Waals surface area contributed by atoms with E-state index >= 15 is 0 Å². The first-order chi connectivity index (χ1) is 17.4. The van der Waals surface area contributed by atoms with Gasteiger partial charge in [0.05, 0.1) is 22.8 Å². The van der Waals surface area contributed by atoms with Gasteiger partial charge in [-0.3, -0.25) is 9.11 Å². The Kier molecular flexibility index (Phi) is 7.66. The molecule has 0 saturated heterocycles. The summed E-state index contributed by atoms with van der Waals surface area (Å²) in [6.07, 6.45) is 12.0. The number of allylic oxidation sites excluding steroid dienone is 8. The quantitative estimate of drug-likeness (QED) is 0.189. The number of benzene rings is 1. The van der Waals surface area contributed by atoms with Gasteiger partial charge in [-0.05, 0) is 36.8 Å². The Morgan fingerprint density at radius 3 is 2.00 bits per heavy atom. The summed E-state index contributed by atoms with van der Waals surface area (Å²) in [6.45, 7) is 3.38. The van der Waals surface area contributed by atoms with E-state index in [0.717, 1.165) is 0 Å².